The van der Waals surface area contributed by atoms with Crippen LogP contribution in [0, 0.1) is 6.92 Å². The fourth-order valence-electron chi connectivity index (χ4n) is 4.38. The Morgan fingerprint density at radius 2 is 1.84 bits per heavy atom. The number of carbonyl (C=O) groups is 2. The van der Waals surface area contributed by atoms with E-state index in [-0.39, 0.29) is 17.7 Å². The van der Waals surface area contributed by atoms with Crippen molar-refractivity contribution in [2.75, 3.05) is 33.3 Å². The van der Waals surface area contributed by atoms with E-state index in [1.165, 1.54) is 0 Å². The highest BCUT2D eigenvalue weighted by Gasteiger charge is 2.30. The minimum Gasteiger partial charge on any atom is -0.497 e. The van der Waals surface area contributed by atoms with Crippen LogP contribution in [0.4, 0.5) is 0 Å². The fourth-order valence-corrected chi connectivity index (χ4v) is 4.38. The van der Waals surface area contributed by atoms with E-state index < -0.39 is 0 Å². The van der Waals surface area contributed by atoms with Crippen molar-refractivity contribution in [2.24, 2.45) is 0 Å². The number of nitrogens with zero attached hydrogens (tertiary/aromatic N) is 4. The van der Waals surface area contributed by atoms with E-state index in [1.807, 2.05) is 41.0 Å². The summed E-state index contributed by atoms with van der Waals surface area (Å²) in [6.45, 7) is 4.87. The lowest BCUT2D eigenvalue weighted by atomic mass is 10.1. The molecular weight excluding hydrogens is 392 g/mol. The van der Waals surface area contributed by atoms with Crippen molar-refractivity contribution in [3.63, 3.8) is 0 Å². The molecule has 0 radical (unpaired) electrons. The summed E-state index contributed by atoms with van der Waals surface area (Å²) < 4.78 is 5.18. The average molecular weight is 423 g/mol. The van der Waals surface area contributed by atoms with Crippen LogP contribution < -0.4 is 4.74 Å². The van der Waals surface area contributed by atoms with E-state index >= 15 is 0 Å². The van der Waals surface area contributed by atoms with Crippen LogP contribution in [0.1, 0.15) is 59.0 Å². The lowest BCUT2D eigenvalue weighted by Crippen LogP contribution is -2.29. The van der Waals surface area contributed by atoms with Crippen molar-refractivity contribution >= 4 is 11.8 Å². The van der Waals surface area contributed by atoms with E-state index in [2.05, 4.69) is 9.97 Å². The molecule has 2 aromatic rings. The highest BCUT2D eigenvalue weighted by Crippen LogP contribution is 2.26. The van der Waals surface area contributed by atoms with Crippen LogP contribution in [0.2, 0.25) is 0 Å². The molecule has 7 nitrogen and oxygen atoms in total. The van der Waals surface area contributed by atoms with Crippen molar-refractivity contribution in [1.82, 2.24) is 19.8 Å². The molecule has 1 aromatic heterocycles. The van der Waals surface area contributed by atoms with E-state index in [0.717, 1.165) is 61.7 Å². The maximum atomic E-state index is 12.7. The highest BCUT2D eigenvalue weighted by atomic mass is 16.5. The van der Waals surface area contributed by atoms with Gasteiger partial charge < -0.3 is 14.5 Å². The minimum atomic E-state index is 0.0308. The van der Waals surface area contributed by atoms with Gasteiger partial charge in [-0.25, -0.2) is 9.97 Å². The molecule has 4 rings (SSSR count). The van der Waals surface area contributed by atoms with Crippen molar-refractivity contribution < 1.29 is 14.3 Å². The lowest BCUT2D eigenvalue weighted by Gasteiger charge is -2.18. The standard InChI is InChI=1S/C24H30N4O3/c1-17-21(24(30)27-12-3-4-13-27)15-25-23(26-17)19-11-14-28(16-19)22(29)10-7-18-5-8-20(31-2)9-6-18/h5-6,8-9,15,19H,3-4,7,10-14,16H2,1-2H3/t19-/m0/s1. The topological polar surface area (TPSA) is 75.6 Å². The Bertz CT molecular complexity index is 938. The summed E-state index contributed by atoms with van der Waals surface area (Å²) in [5.41, 5.74) is 2.45. The molecule has 3 heterocycles. The first kappa shape index (κ1) is 21.3. The summed E-state index contributed by atoms with van der Waals surface area (Å²) in [7, 11) is 1.65. The number of aryl methyl sites for hydroxylation is 2. The molecule has 2 aliphatic rings. The highest BCUT2D eigenvalue weighted by molar-refractivity contribution is 5.95. The first-order chi connectivity index (χ1) is 15.0. The monoisotopic (exact) mass is 422 g/mol. The summed E-state index contributed by atoms with van der Waals surface area (Å²) in [5, 5.41) is 0. The Kier molecular flexibility index (Phi) is 6.49. The molecule has 0 unspecified atom stereocenters. The number of amides is 2. The second kappa shape index (κ2) is 9.45. The van der Waals surface area contributed by atoms with Gasteiger partial charge in [0.25, 0.3) is 5.91 Å². The summed E-state index contributed by atoms with van der Waals surface area (Å²) >= 11 is 0. The zero-order valence-corrected chi connectivity index (χ0v) is 18.3. The van der Waals surface area contributed by atoms with Crippen molar-refractivity contribution in [3.8, 4) is 5.75 Å². The number of benzene rings is 1. The zero-order valence-electron chi connectivity index (χ0n) is 18.3. The Labute approximate surface area is 183 Å². The average Bonchev–Trinajstić information content (AvgIpc) is 3.50. The predicted molar refractivity (Wildman–Crippen MR) is 117 cm³/mol. The summed E-state index contributed by atoms with van der Waals surface area (Å²) in [4.78, 5) is 38.3. The Morgan fingerprint density at radius 3 is 2.52 bits per heavy atom. The number of carbonyl (C=O) groups excluding carboxylic acids is 2. The molecule has 1 atom stereocenters. The van der Waals surface area contributed by atoms with Crippen LogP contribution in [0.3, 0.4) is 0 Å². The van der Waals surface area contributed by atoms with Gasteiger partial charge in [-0.05, 0) is 50.3 Å². The molecule has 0 aliphatic carbocycles. The molecule has 7 heteroatoms. The number of methoxy groups -OCH3 is 1. The second-order valence-corrected chi connectivity index (χ2v) is 8.40. The first-order valence-electron chi connectivity index (χ1n) is 11.1. The van der Waals surface area contributed by atoms with E-state index in [9.17, 15) is 9.59 Å². The largest absolute Gasteiger partial charge is 0.497 e. The minimum absolute atomic E-state index is 0.0308. The number of hydrogen-bond donors (Lipinski definition) is 0. The molecule has 164 valence electrons. The SMILES string of the molecule is COc1ccc(CCC(=O)N2CC[C@H](c3ncc(C(=O)N4CCCC4)c(C)n3)C2)cc1. The molecule has 2 amide bonds. The van der Waals surface area contributed by atoms with Gasteiger partial charge in [0.2, 0.25) is 5.91 Å². The summed E-state index contributed by atoms with van der Waals surface area (Å²) in [6.07, 6.45) is 5.86. The molecule has 0 N–H and O–H groups in total. The second-order valence-electron chi connectivity index (χ2n) is 8.40. The first-order valence-corrected chi connectivity index (χ1v) is 11.1. The normalized spacial score (nSPS) is 18.5. The van der Waals surface area contributed by atoms with Gasteiger partial charge in [-0.15, -0.1) is 0 Å². The van der Waals surface area contributed by atoms with E-state index in [4.69, 9.17) is 4.74 Å². The zero-order chi connectivity index (χ0) is 21.8. The fraction of sp³-hybridized carbons (Fsp3) is 0.500. The van der Waals surface area contributed by atoms with Gasteiger partial charge in [-0.1, -0.05) is 12.1 Å². The van der Waals surface area contributed by atoms with Gasteiger partial charge >= 0.3 is 0 Å². The van der Waals surface area contributed by atoms with Gasteiger partial charge in [-0.2, -0.15) is 0 Å². The molecular formula is C24H30N4O3. The maximum Gasteiger partial charge on any atom is 0.257 e. The third-order valence-electron chi connectivity index (χ3n) is 6.31. The number of ether oxygens (including phenoxy) is 1. The van der Waals surface area contributed by atoms with Gasteiger partial charge in [-0.3, -0.25) is 9.59 Å². The van der Waals surface area contributed by atoms with Gasteiger partial charge in [0.05, 0.1) is 18.4 Å². The van der Waals surface area contributed by atoms with Crippen LogP contribution in [0.15, 0.2) is 30.5 Å². The van der Waals surface area contributed by atoms with Crippen LogP contribution in [0.25, 0.3) is 0 Å². The van der Waals surface area contributed by atoms with Crippen LogP contribution in [0.5, 0.6) is 5.75 Å². The van der Waals surface area contributed by atoms with Crippen LogP contribution >= 0.6 is 0 Å². The Hall–Kier alpha value is -2.96. The van der Waals surface area contributed by atoms with Crippen molar-refractivity contribution in [3.05, 3.63) is 53.1 Å². The molecule has 0 bridgehead atoms. The van der Waals surface area contributed by atoms with E-state index in [0.29, 0.717) is 24.9 Å². The molecule has 2 saturated heterocycles. The molecule has 0 saturated carbocycles. The number of rotatable bonds is 6. The molecule has 31 heavy (non-hydrogen) atoms. The lowest BCUT2D eigenvalue weighted by molar-refractivity contribution is -0.130. The molecule has 2 aliphatic heterocycles. The quantitative estimate of drug-likeness (QED) is 0.715. The van der Waals surface area contributed by atoms with Gasteiger partial charge in [0, 0.05) is 44.7 Å². The molecule has 1 aromatic carbocycles. The van der Waals surface area contributed by atoms with Gasteiger partial charge in [0.15, 0.2) is 0 Å². The Morgan fingerprint density at radius 1 is 1.10 bits per heavy atom. The van der Waals surface area contributed by atoms with E-state index in [1.54, 1.807) is 13.3 Å². The predicted octanol–water partition coefficient (Wildman–Crippen LogP) is 2.98. The summed E-state index contributed by atoms with van der Waals surface area (Å²) in [5.74, 6) is 1.88. The molecule has 0 spiro atoms. The molecule has 2 fully saturated rings. The number of aromatic nitrogens is 2. The third-order valence-corrected chi connectivity index (χ3v) is 6.31. The smallest absolute Gasteiger partial charge is 0.257 e. The Balaban J connectivity index is 1.32. The van der Waals surface area contributed by atoms with Crippen LogP contribution in [-0.4, -0.2) is 64.9 Å². The third kappa shape index (κ3) is 4.86. The summed E-state index contributed by atoms with van der Waals surface area (Å²) in [6, 6.07) is 7.84. The van der Waals surface area contributed by atoms with Crippen LogP contribution in [-0.2, 0) is 11.2 Å². The number of likely N-dealkylation sites (tertiary alicyclic amines) is 2. The van der Waals surface area contributed by atoms with Crippen molar-refractivity contribution in [2.45, 2.75) is 44.9 Å². The number of hydrogen-bond acceptors (Lipinski definition) is 5. The van der Waals surface area contributed by atoms with Gasteiger partial charge in [0.1, 0.15) is 11.6 Å². The maximum absolute atomic E-state index is 12.7. The van der Waals surface area contributed by atoms with Crippen molar-refractivity contribution in [1.29, 1.82) is 0 Å².